The summed E-state index contributed by atoms with van der Waals surface area (Å²) < 4.78 is 7.73. The van der Waals surface area contributed by atoms with Crippen LogP contribution in [0.25, 0.3) is 22.3 Å². The third kappa shape index (κ3) is 4.80. The highest BCUT2D eigenvalue weighted by atomic mass is 35.5. The minimum atomic E-state index is -0.0222. The fourth-order valence-corrected chi connectivity index (χ4v) is 3.74. The minimum Gasteiger partial charge on any atom is -0.493 e. The molecule has 0 N–H and O–H groups in total. The van der Waals surface area contributed by atoms with Gasteiger partial charge in [0.25, 0.3) is 5.56 Å². The molecule has 31 heavy (non-hydrogen) atoms. The van der Waals surface area contributed by atoms with Crippen molar-refractivity contribution in [1.82, 2.24) is 9.55 Å². The van der Waals surface area contributed by atoms with Gasteiger partial charge in [-0.15, -0.1) is 0 Å². The molecule has 5 heteroatoms. The van der Waals surface area contributed by atoms with Crippen molar-refractivity contribution in [2.24, 2.45) is 0 Å². The molecule has 0 aliphatic carbocycles. The maximum absolute atomic E-state index is 13.2. The second-order valence-corrected chi connectivity index (χ2v) is 8.18. The topological polar surface area (TPSA) is 44.1 Å². The van der Waals surface area contributed by atoms with Crippen LogP contribution in [0.4, 0.5) is 0 Å². The van der Waals surface area contributed by atoms with E-state index in [1.807, 2.05) is 55.5 Å². The van der Waals surface area contributed by atoms with Gasteiger partial charge in [-0.05, 0) is 80.3 Å². The van der Waals surface area contributed by atoms with Crippen LogP contribution in [0.2, 0.25) is 5.02 Å². The molecule has 0 amide bonds. The Kier molecular flexibility index (Phi) is 6.38. The van der Waals surface area contributed by atoms with E-state index < -0.39 is 0 Å². The Balaban J connectivity index is 1.54. The predicted octanol–water partition coefficient (Wildman–Crippen LogP) is 6.19. The lowest BCUT2D eigenvalue weighted by Gasteiger charge is -2.14. The number of unbranched alkanes of at least 4 members (excludes halogenated alkanes) is 1. The lowest BCUT2D eigenvalue weighted by molar-refractivity contribution is 0.301. The third-order valence-electron chi connectivity index (χ3n) is 5.34. The Hall–Kier alpha value is -3.11. The Morgan fingerprint density at radius 2 is 1.74 bits per heavy atom. The van der Waals surface area contributed by atoms with E-state index in [2.05, 4.69) is 25.1 Å². The fraction of sp³-hybridized carbons (Fsp3) is 0.231. The average molecular weight is 433 g/mol. The summed E-state index contributed by atoms with van der Waals surface area (Å²) in [5.41, 5.74) is 3.87. The zero-order chi connectivity index (χ0) is 21.8. The molecule has 0 unspecified atom stereocenters. The van der Waals surface area contributed by atoms with E-state index in [1.54, 1.807) is 4.57 Å². The third-order valence-corrected chi connectivity index (χ3v) is 5.59. The summed E-state index contributed by atoms with van der Waals surface area (Å²) in [7, 11) is 0. The number of rotatable bonds is 7. The second kappa shape index (κ2) is 9.36. The summed E-state index contributed by atoms with van der Waals surface area (Å²) in [6.07, 6.45) is 1.65. The van der Waals surface area contributed by atoms with Gasteiger partial charge in [-0.1, -0.05) is 35.9 Å². The lowest BCUT2D eigenvalue weighted by Crippen LogP contribution is -2.24. The monoisotopic (exact) mass is 432 g/mol. The number of hydrogen-bond acceptors (Lipinski definition) is 3. The normalized spacial score (nSPS) is 11.1. The highest BCUT2D eigenvalue weighted by Crippen LogP contribution is 2.22. The first-order chi connectivity index (χ1) is 15.0. The number of benzene rings is 3. The van der Waals surface area contributed by atoms with Crippen LogP contribution in [0.5, 0.6) is 5.75 Å². The molecule has 4 aromatic rings. The molecule has 0 saturated heterocycles. The Morgan fingerprint density at radius 3 is 2.55 bits per heavy atom. The first kappa shape index (κ1) is 21.1. The average Bonchev–Trinajstić information content (AvgIpc) is 2.77. The summed E-state index contributed by atoms with van der Waals surface area (Å²) >= 11 is 6.05. The van der Waals surface area contributed by atoms with Gasteiger partial charge in [0, 0.05) is 17.1 Å². The number of hydrogen-bond donors (Lipinski definition) is 0. The number of nitrogens with zero attached hydrogens (tertiary/aromatic N) is 2. The fourth-order valence-electron chi connectivity index (χ4n) is 3.61. The largest absolute Gasteiger partial charge is 0.493 e. The number of aromatic nitrogens is 2. The van der Waals surface area contributed by atoms with E-state index >= 15 is 0 Å². The maximum Gasteiger partial charge on any atom is 0.261 e. The molecular formula is C26H25ClN2O2. The molecular weight excluding hydrogens is 408 g/mol. The molecule has 4 nitrogen and oxygen atoms in total. The van der Waals surface area contributed by atoms with Crippen LogP contribution in [0.3, 0.4) is 0 Å². The minimum absolute atomic E-state index is 0.0222. The molecule has 1 aromatic heterocycles. The zero-order valence-corrected chi connectivity index (χ0v) is 18.5. The van der Waals surface area contributed by atoms with E-state index in [4.69, 9.17) is 21.3 Å². The summed E-state index contributed by atoms with van der Waals surface area (Å²) in [6.45, 7) is 5.29. The molecule has 3 aromatic carbocycles. The summed E-state index contributed by atoms with van der Waals surface area (Å²) in [4.78, 5) is 18.0. The Morgan fingerprint density at radius 1 is 0.968 bits per heavy atom. The SMILES string of the molecule is Cc1ccc(C)c(OCCCCn2c(-c3ccc(Cl)cc3)nc3ccccc3c2=O)c1. The van der Waals surface area contributed by atoms with Gasteiger partial charge in [0.1, 0.15) is 11.6 Å². The van der Waals surface area contributed by atoms with Crippen molar-refractivity contribution in [2.45, 2.75) is 33.2 Å². The standard InChI is InChI=1S/C26H25ClN2O2/c1-18-9-10-19(2)24(17-18)31-16-6-5-15-29-25(20-11-13-21(27)14-12-20)28-23-8-4-3-7-22(23)26(29)30/h3-4,7-14,17H,5-6,15-16H2,1-2H3. The zero-order valence-electron chi connectivity index (χ0n) is 17.8. The van der Waals surface area contributed by atoms with Crippen LogP contribution in [0.1, 0.15) is 24.0 Å². The Bertz CT molecular complexity index is 1260. The molecule has 0 aliphatic rings. The van der Waals surface area contributed by atoms with Crippen LogP contribution in [0.15, 0.2) is 71.5 Å². The van der Waals surface area contributed by atoms with E-state index in [-0.39, 0.29) is 5.56 Å². The molecule has 0 spiro atoms. The molecule has 0 fully saturated rings. The molecule has 1 heterocycles. The van der Waals surface area contributed by atoms with Crippen molar-refractivity contribution in [3.05, 3.63) is 93.2 Å². The van der Waals surface area contributed by atoms with Gasteiger partial charge in [-0.2, -0.15) is 0 Å². The highest BCUT2D eigenvalue weighted by Gasteiger charge is 2.12. The van der Waals surface area contributed by atoms with E-state index in [0.29, 0.717) is 34.9 Å². The first-order valence-corrected chi connectivity index (χ1v) is 10.9. The van der Waals surface area contributed by atoms with Gasteiger partial charge in [0.05, 0.1) is 17.5 Å². The van der Waals surface area contributed by atoms with Crippen LogP contribution in [-0.4, -0.2) is 16.2 Å². The van der Waals surface area contributed by atoms with E-state index in [1.165, 1.54) is 5.56 Å². The first-order valence-electron chi connectivity index (χ1n) is 10.5. The lowest BCUT2D eigenvalue weighted by atomic mass is 10.1. The number of ether oxygens (including phenoxy) is 1. The molecule has 0 atom stereocenters. The van der Waals surface area contributed by atoms with Crippen molar-refractivity contribution in [3.63, 3.8) is 0 Å². The van der Waals surface area contributed by atoms with Gasteiger partial charge in [0.15, 0.2) is 0 Å². The van der Waals surface area contributed by atoms with Gasteiger partial charge in [-0.3, -0.25) is 9.36 Å². The summed E-state index contributed by atoms with van der Waals surface area (Å²) in [5.74, 6) is 1.59. The van der Waals surface area contributed by atoms with Crippen LogP contribution >= 0.6 is 11.6 Å². The van der Waals surface area contributed by atoms with Crippen molar-refractivity contribution in [1.29, 1.82) is 0 Å². The number of para-hydroxylation sites is 1. The number of fused-ring (bicyclic) bond motifs is 1. The van der Waals surface area contributed by atoms with Crippen molar-refractivity contribution in [2.75, 3.05) is 6.61 Å². The Labute approximate surface area is 187 Å². The molecule has 0 bridgehead atoms. The summed E-state index contributed by atoms with van der Waals surface area (Å²) in [6, 6.07) is 21.1. The van der Waals surface area contributed by atoms with Gasteiger partial charge in [0.2, 0.25) is 0 Å². The van der Waals surface area contributed by atoms with Gasteiger partial charge in [-0.25, -0.2) is 4.98 Å². The van der Waals surface area contributed by atoms with Crippen LogP contribution in [-0.2, 0) is 6.54 Å². The van der Waals surface area contributed by atoms with E-state index in [0.717, 1.165) is 29.7 Å². The van der Waals surface area contributed by atoms with Crippen molar-refractivity contribution >= 4 is 22.5 Å². The van der Waals surface area contributed by atoms with Crippen molar-refractivity contribution < 1.29 is 4.74 Å². The predicted molar refractivity (Wildman–Crippen MR) is 127 cm³/mol. The molecule has 158 valence electrons. The quantitative estimate of drug-likeness (QED) is 0.327. The van der Waals surface area contributed by atoms with E-state index in [9.17, 15) is 4.79 Å². The van der Waals surface area contributed by atoms with Gasteiger partial charge >= 0.3 is 0 Å². The van der Waals surface area contributed by atoms with Crippen LogP contribution in [0, 0.1) is 13.8 Å². The number of halogens is 1. The maximum atomic E-state index is 13.2. The number of aryl methyl sites for hydroxylation is 2. The van der Waals surface area contributed by atoms with Crippen LogP contribution < -0.4 is 10.3 Å². The smallest absolute Gasteiger partial charge is 0.261 e. The van der Waals surface area contributed by atoms with Crippen molar-refractivity contribution in [3.8, 4) is 17.1 Å². The van der Waals surface area contributed by atoms with Gasteiger partial charge < -0.3 is 4.74 Å². The molecule has 4 rings (SSSR count). The second-order valence-electron chi connectivity index (χ2n) is 7.74. The molecule has 0 radical (unpaired) electrons. The highest BCUT2D eigenvalue weighted by molar-refractivity contribution is 6.30. The molecule has 0 saturated carbocycles. The summed E-state index contributed by atoms with van der Waals surface area (Å²) in [5, 5.41) is 1.29. The molecule has 0 aliphatic heterocycles.